The molecule has 3 aromatic rings. The van der Waals surface area contributed by atoms with Crippen LogP contribution in [0.5, 0.6) is 0 Å². The minimum atomic E-state index is -1.01. The first kappa shape index (κ1) is 30.0. The minimum Gasteiger partial charge on any atom is -1.00 e. The summed E-state index contributed by atoms with van der Waals surface area (Å²) in [4.78, 5) is 12.2. The number of hydrogen-bond acceptors (Lipinski definition) is 2. The van der Waals surface area contributed by atoms with E-state index in [0.717, 1.165) is 15.9 Å². The number of H-pyrrole nitrogens is 1. The standard InChI is InChI=1S/C8H4BrClFN.C6H2BrClFNO2.C2H3.BrH.Mg/c9-5-3-6(10)7(11)8-4(5)1-2-12-8;7-3-1-4(8)6(9)5(2-3)10(11)12;1-2;;/h1-3,12H;1-2H;1H,2H2;1H;/q;;-1;;+2/p-1. The molecule has 1 heterocycles. The van der Waals surface area contributed by atoms with Crippen LogP contribution in [0.3, 0.4) is 0 Å². The maximum absolute atomic E-state index is 13.2. The Balaban J connectivity index is 0. The molecule has 1 aromatic heterocycles. The van der Waals surface area contributed by atoms with Crippen molar-refractivity contribution in [1.29, 1.82) is 0 Å². The van der Waals surface area contributed by atoms with Crippen LogP contribution in [-0.4, -0.2) is 33.0 Å². The van der Waals surface area contributed by atoms with E-state index in [0.29, 0.717) is 9.99 Å². The number of benzene rings is 2. The van der Waals surface area contributed by atoms with Crippen LogP contribution >= 0.6 is 55.1 Å². The Hall–Kier alpha value is -0.234. The van der Waals surface area contributed by atoms with E-state index < -0.39 is 22.2 Å². The van der Waals surface area contributed by atoms with Crippen molar-refractivity contribution in [3.63, 3.8) is 0 Å². The van der Waals surface area contributed by atoms with E-state index in [2.05, 4.69) is 50.0 Å². The molecule has 0 fully saturated rings. The van der Waals surface area contributed by atoms with E-state index in [1.54, 1.807) is 18.3 Å². The summed E-state index contributed by atoms with van der Waals surface area (Å²) in [7, 11) is 0. The van der Waals surface area contributed by atoms with Gasteiger partial charge in [0.1, 0.15) is 0 Å². The fraction of sp³-hybridized carbons (Fsp3) is 0. The van der Waals surface area contributed by atoms with Crippen LogP contribution in [0.1, 0.15) is 0 Å². The summed E-state index contributed by atoms with van der Waals surface area (Å²) in [6.45, 7) is 7.00. The molecule has 0 spiro atoms. The van der Waals surface area contributed by atoms with Crippen molar-refractivity contribution in [2.75, 3.05) is 0 Å². The van der Waals surface area contributed by atoms with Crippen molar-refractivity contribution in [2.45, 2.75) is 0 Å². The van der Waals surface area contributed by atoms with Crippen molar-refractivity contribution in [3.8, 4) is 0 Å². The second-order valence-electron chi connectivity index (χ2n) is 4.40. The third kappa shape index (κ3) is 7.55. The fourth-order valence-corrected chi connectivity index (χ4v) is 3.48. The minimum absolute atomic E-state index is 0. The van der Waals surface area contributed by atoms with Gasteiger partial charge in [0, 0.05) is 26.6 Å². The number of aromatic nitrogens is 1. The number of nitro benzene ring substituents is 1. The molecule has 0 aliphatic heterocycles. The Kier molecular flexibility index (Phi) is 14.9. The zero-order chi connectivity index (χ0) is 20.0. The van der Waals surface area contributed by atoms with Gasteiger partial charge in [-0.3, -0.25) is 16.7 Å². The molecular formula is C16H9Br3Cl2F2MgN2O2. The van der Waals surface area contributed by atoms with Crippen molar-refractivity contribution in [3.05, 3.63) is 84.4 Å². The van der Waals surface area contributed by atoms with Gasteiger partial charge in [-0.25, -0.2) is 4.39 Å². The van der Waals surface area contributed by atoms with Crippen molar-refractivity contribution in [1.82, 2.24) is 4.98 Å². The smallest absolute Gasteiger partial charge is 1.00 e. The first-order valence-electron chi connectivity index (χ1n) is 6.52. The number of nitro groups is 1. The summed E-state index contributed by atoms with van der Waals surface area (Å²) >= 11 is 17.2. The number of fused-ring (bicyclic) bond motifs is 1. The zero-order valence-corrected chi connectivity index (χ0v) is 21.5. The van der Waals surface area contributed by atoms with Crippen LogP contribution in [0.15, 0.2) is 46.0 Å². The Labute approximate surface area is 213 Å². The van der Waals surface area contributed by atoms with E-state index in [1.165, 1.54) is 6.07 Å². The largest absolute Gasteiger partial charge is 2.00 e. The molecule has 0 unspecified atom stereocenters. The van der Waals surface area contributed by atoms with E-state index >= 15 is 0 Å². The molecular weight excluding hydrogens is 625 g/mol. The van der Waals surface area contributed by atoms with Crippen molar-refractivity contribution >= 4 is 94.7 Å². The van der Waals surface area contributed by atoms with E-state index in [9.17, 15) is 18.9 Å². The average molecular weight is 634 g/mol. The Morgan fingerprint density at radius 1 is 1.11 bits per heavy atom. The fourth-order valence-electron chi connectivity index (χ4n) is 1.80. The summed E-state index contributed by atoms with van der Waals surface area (Å²) in [6.07, 6.45) is 1.68. The Bertz CT molecular complexity index is 961. The first-order chi connectivity index (χ1) is 12.2. The molecule has 0 radical (unpaired) electrons. The first-order valence-corrected chi connectivity index (χ1v) is 8.87. The van der Waals surface area contributed by atoms with E-state index in [-0.39, 0.29) is 50.1 Å². The Morgan fingerprint density at radius 2 is 1.64 bits per heavy atom. The van der Waals surface area contributed by atoms with Gasteiger partial charge in [-0.1, -0.05) is 55.1 Å². The molecule has 146 valence electrons. The molecule has 0 aliphatic rings. The molecule has 12 heteroatoms. The number of aromatic amines is 1. The molecule has 1 N–H and O–H groups in total. The van der Waals surface area contributed by atoms with Crippen LogP contribution < -0.4 is 17.0 Å². The molecule has 4 nitrogen and oxygen atoms in total. The molecule has 0 saturated heterocycles. The summed E-state index contributed by atoms with van der Waals surface area (Å²) in [6, 6.07) is 5.65. The van der Waals surface area contributed by atoms with E-state index in [4.69, 9.17) is 23.2 Å². The van der Waals surface area contributed by atoms with Crippen LogP contribution in [-0.2, 0) is 0 Å². The number of nitrogens with one attached hydrogen (secondary N) is 1. The van der Waals surface area contributed by atoms with Gasteiger partial charge in [-0.2, -0.15) is 4.39 Å². The topological polar surface area (TPSA) is 58.9 Å². The molecule has 0 saturated carbocycles. The van der Waals surface area contributed by atoms with Gasteiger partial charge in [0.25, 0.3) is 0 Å². The monoisotopic (exact) mass is 630 g/mol. The third-order valence-corrected chi connectivity index (χ3v) is 4.52. The maximum atomic E-state index is 13.2. The van der Waals surface area contributed by atoms with Crippen molar-refractivity contribution in [2.24, 2.45) is 0 Å². The van der Waals surface area contributed by atoms with Crippen molar-refractivity contribution < 1.29 is 30.7 Å². The van der Waals surface area contributed by atoms with Gasteiger partial charge in [0.15, 0.2) is 5.82 Å². The van der Waals surface area contributed by atoms with Crippen LogP contribution in [0.25, 0.3) is 10.9 Å². The summed E-state index contributed by atoms with van der Waals surface area (Å²) in [5.41, 5.74) is -0.191. The van der Waals surface area contributed by atoms with Crippen LogP contribution in [0, 0.1) is 28.3 Å². The van der Waals surface area contributed by atoms with Gasteiger partial charge in [0.05, 0.1) is 20.5 Å². The molecule has 0 aliphatic carbocycles. The quantitative estimate of drug-likeness (QED) is 0.144. The second kappa shape index (κ2) is 13.9. The zero-order valence-electron chi connectivity index (χ0n) is 13.8. The van der Waals surface area contributed by atoms with Gasteiger partial charge in [-0.15, -0.1) is 0 Å². The molecule has 0 amide bonds. The number of rotatable bonds is 1. The summed E-state index contributed by atoms with van der Waals surface area (Å²) in [5, 5.41) is 10.9. The number of hydrogen-bond donors (Lipinski definition) is 1. The van der Waals surface area contributed by atoms with E-state index in [1.807, 2.05) is 0 Å². The second-order valence-corrected chi connectivity index (χ2v) is 6.98. The summed E-state index contributed by atoms with van der Waals surface area (Å²) < 4.78 is 27.2. The normalized spacial score (nSPS) is 9.07. The molecule has 2 aromatic carbocycles. The maximum Gasteiger partial charge on any atom is 2.00 e. The van der Waals surface area contributed by atoms with Crippen LogP contribution in [0.4, 0.5) is 14.5 Å². The molecule has 28 heavy (non-hydrogen) atoms. The van der Waals surface area contributed by atoms with Crippen LogP contribution in [0.2, 0.25) is 10.0 Å². The SMILES string of the molecule is Fc1c(Cl)cc(Br)c2cc[nH]c12.O=[N+]([O-])c1cc(Br)cc(Cl)c1F.[Br-].[CH-]=C.[Mg+2]. The predicted octanol–water partition coefficient (Wildman–Crippen LogP) is 4.10. The molecule has 3 rings (SSSR count). The predicted molar refractivity (Wildman–Crippen MR) is 112 cm³/mol. The average Bonchev–Trinajstić information content (AvgIpc) is 3.09. The number of halogens is 7. The van der Waals surface area contributed by atoms with Gasteiger partial charge in [-0.05, 0) is 18.2 Å². The Morgan fingerprint density at radius 3 is 2.18 bits per heavy atom. The molecule has 0 bridgehead atoms. The number of nitrogens with zero attached hydrogens (tertiary/aromatic N) is 1. The van der Waals surface area contributed by atoms with Gasteiger partial charge >= 0.3 is 28.7 Å². The molecule has 0 atom stereocenters. The van der Waals surface area contributed by atoms with Gasteiger partial charge in [0.2, 0.25) is 5.82 Å². The summed E-state index contributed by atoms with van der Waals surface area (Å²) in [5.74, 6) is -1.41. The third-order valence-electron chi connectivity index (χ3n) is 2.86. The van der Waals surface area contributed by atoms with Gasteiger partial charge < -0.3 is 28.5 Å².